The van der Waals surface area contributed by atoms with E-state index >= 15 is 0 Å². The van der Waals surface area contributed by atoms with Gasteiger partial charge in [-0.25, -0.2) is 0 Å². The SMILES string of the molecule is c1ccc(N2N=C(c3ccc(OCCCCCCCCCCOc4ccc(C5=NN(c6ccccc6)[C@H](c6cccs6)C5)cc4)cc3)C[C@@H]2c2cccs2)cc1. The van der Waals surface area contributed by atoms with Crippen molar-refractivity contribution in [2.24, 2.45) is 10.2 Å². The van der Waals surface area contributed by atoms with Crippen LogP contribution in [0.2, 0.25) is 0 Å². The number of rotatable bonds is 19. The molecular weight excluding hydrogens is 729 g/mol. The standard InChI is InChI=1S/C48H50N4O2S2/c1(3-5-13-31-53-41-27-23-37(24-28-41)43-35-45(47-21-15-33-55-47)51(49-43)39-17-9-7-10-18-39)2-4-6-14-32-54-42-29-25-38(26-30-42)44-36-46(48-22-16-34-56-48)52(50-44)40-19-11-8-12-20-40/h7-12,15-30,33-34,45-46H,1-6,13-14,31-32,35-36H2/t45-,46+. The van der Waals surface area contributed by atoms with Crippen LogP contribution in [0.25, 0.3) is 0 Å². The van der Waals surface area contributed by atoms with Crippen molar-refractivity contribution in [2.75, 3.05) is 23.2 Å². The molecule has 0 amide bonds. The minimum atomic E-state index is 0.226. The summed E-state index contributed by atoms with van der Waals surface area (Å²) in [5.74, 6) is 1.86. The minimum Gasteiger partial charge on any atom is -0.494 e. The summed E-state index contributed by atoms with van der Waals surface area (Å²) in [5, 5.41) is 18.8. The Bertz CT molecular complexity index is 1960. The molecule has 0 N–H and O–H groups in total. The third kappa shape index (κ3) is 9.60. The lowest BCUT2D eigenvalue weighted by Gasteiger charge is -2.22. The molecule has 0 saturated carbocycles. The van der Waals surface area contributed by atoms with Crippen molar-refractivity contribution < 1.29 is 9.47 Å². The van der Waals surface area contributed by atoms with Crippen LogP contribution in [-0.2, 0) is 0 Å². The fourth-order valence-electron chi connectivity index (χ4n) is 7.54. The number of hydrogen-bond acceptors (Lipinski definition) is 8. The van der Waals surface area contributed by atoms with Crippen LogP contribution >= 0.6 is 22.7 Å². The molecular formula is C48H50N4O2S2. The number of anilines is 2. The number of thiophene rings is 2. The highest BCUT2D eigenvalue weighted by Crippen LogP contribution is 2.40. The van der Waals surface area contributed by atoms with Crippen molar-refractivity contribution in [3.63, 3.8) is 0 Å². The van der Waals surface area contributed by atoms with Crippen LogP contribution in [0.1, 0.15) is 97.2 Å². The van der Waals surface area contributed by atoms with Crippen LogP contribution < -0.4 is 19.5 Å². The average Bonchev–Trinajstić information content (AvgIpc) is 4.10. The summed E-state index contributed by atoms with van der Waals surface area (Å²) >= 11 is 3.60. The molecule has 6 nitrogen and oxygen atoms in total. The molecule has 4 heterocycles. The van der Waals surface area contributed by atoms with Crippen LogP contribution in [0.3, 0.4) is 0 Å². The first-order chi connectivity index (χ1) is 27.8. The fraction of sp³-hybridized carbons (Fsp3) is 0.292. The van der Waals surface area contributed by atoms with E-state index in [2.05, 4.69) is 154 Å². The molecule has 2 aliphatic rings. The van der Waals surface area contributed by atoms with Gasteiger partial charge in [-0.3, -0.25) is 10.0 Å². The molecule has 0 unspecified atom stereocenters. The number of hydrogen-bond donors (Lipinski definition) is 0. The zero-order valence-electron chi connectivity index (χ0n) is 31.9. The summed E-state index contributed by atoms with van der Waals surface area (Å²) in [4.78, 5) is 2.68. The maximum absolute atomic E-state index is 6.10. The second-order valence-corrected chi connectivity index (χ2v) is 16.5. The highest BCUT2D eigenvalue weighted by Gasteiger charge is 2.31. The van der Waals surface area contributed by atoms with E-state index in [0.29, 0.717) is 0 Å². The first-order valence-electron chi connectivity index (χ1n) is 20.2. The Balaban J connectivity index is 0.686. The van der Waals surface area contributed by atoms with E-state index in [1.54, 1.807) is 22.7 Å². The van der Waals surface area contributed by atoms with Gasteiger partial charge in [-0.2, -0.15) is 10.2 Å². The minimum absolute atomic E-state index is 0.226. The first kappa shape index (κ1) is 37.7. The molecule has 0 aliphatic carbocycles. The van der Waals surface area contributed by atoms with E-state index in [1.807, 2.05) is 0 Å². The van der Waals surface area contributed by atoms with Gasteiger partial charge in [0.15, 0.2) is 0 Å². The molecule has 4 aromatic carbocycles. The Morgan fingerprint density at radius 2 is 0.839 bits per heavy atom. The fourth-order valence-corrected chi connectivity index (χ4v) is 9.17. The van der Waals surface area contributed by atoms with E-state index in [1.165, 1.54) is 48.3 Å². The molecule has 0 spiro atoms. The van der Waals surface area contributed by atoms with Crippen LogP contribution in [0, 0.1) is 0 Å². The van der Waals surface area contributed by atoms with Gasteiger partial charge in [-0.05, 0) is 120 Å². The van der Waals surface area contributed by atoms with Gasteiger partial charge in [0.05, 0.1) is 48.1 Å². The van der Waals surface area contributed by atoms with Crippen LogP contribution in [0.4, 0.5) is 11.4 Å². The van der Waals surface area contributed by atoms with Crippen molar-refractivity contribution in [1.82, 2.24) is 0 Å². The number of benzene rings is 4. The summed E-state index contributed by atoms with van der Waals surface area (Å²) in [5.41, 5.74) is 6.80. The summed E-state index contributed by atoms with van der Waals surface area (Å²) in [6, 6.07) is 47.1. The van der Waals surface area contributed by atoms with Crippen LogP contribution in [-0.4, -0.2) is 24.6 Å². The Morgan fingerprint density at radius 3 is 1.21 bits per heavy atom. The molecule has 8 heteroatoms. The van der Waals surface area contributed by atoms with Crippen molar-refractivity contribution in [1.29, 1.82) is 0 Å². The van der Waals surface area contributed by atoms with E-state index < -0.39 is 0 Å². The number of hydrazone groups is 2. The van der Waals surface area contributed by atoms with Crippen molar-refractivity contribution in [3.05, 3.63) is 165 Å². The van der Waals surface area contributed by atoms with Gasteiger partial charge in [0, 0.05) is 22.6 Å². The van der Waals surface area contributed by atoms with E-state index in [4.69, 9.17) is 19.7 Å². The van der Waals surface area contributed by atoms with E-state index in [9.17, 15) is 0 Å². The van der Waals surface area contributed by atoms with Crippen molar-refractivity contribution in [2.45, 2.75) is 76.3 Å². The van der Waals surface area contributed by atoms with Crippen LogP contribution in [0.5, 0.6) is 11.5 Å². The van der Waals surface area contributed by atoms with Gasteiger partial charge in [0.2, 0.25) is 0 Å². The monoisotopic (exact) mass is 778 g/mol. The van der Waals surface area contributed by atoms with E-state index in [0.717, 1.165) is 84.3 Å². The van der Waals surface area contributed by atoms with Gasteiger partial charge in [0.1, 0.15) is 11.5 Å². The molecule has 0 bridgehead atoms. The normalized spacial score (nSPS) is 16.6. The maximum atomic E-state index is 6.10. The van der Waals surface area contributed by atoms with Gasteiger partial charge >= 0.3 is 0 Å². The summed E-state index contributed by atoms with van der Waals surface area (Å²) in [6.45, 7) is 1.52. The number of ether oxygens (including phenoxy) is 2. The molecule has 2 aromatic heterocycles. The smallest absolute Gasteiger partial charge is 0.119 e. The Labute approximate surface area is 339 Å². The second kappa shape index (κ2) is 19.1. The summed E-state index contributed by atoms with van der Waals surface area (Å²) < 4.78 is 12.2. The average molecular weight is 779 g/mol. The molecule has 2 aliphatic heterocycles. The highest BCUT2D eigenvalue weighted by atomic mass is 32.1. The predicted molar refractivity (Wildman–Crippen MR) is 235 cm³/mol. The maximum Gasteiger partial charge on any atom is 0.119 e. The summed E-state index contributed by atoms with van der Waals surface area (Å²) in [6.07, 6.45) is 11.5. The van der Waals surface area contributed by atoms with Crippen LogP contribution in [0.15, 0.2) is 154 Å². The number of unbranched alkanes of at least 4 members (excludes halogenated alkanes) is 7. The van der Waals surface area contributed by atoms with Crippen molar-refractivity contribution >= 4 is 45.5 Å². The Hall–Kier alpha value is -5.18. The quantitative estimate of drug-likeness (QED) is 0.0769. The summed E-state index contributed by atoms with van der Waals surface area (Å²) in [7, 11) is 0. The molecule has 0 saturated heterocycles. The Kier molecular flexibility index (Phi) is 12.9. The molecule has 286 valence electrons. The van der Waals surface area contributed by atoms with Gasteiger partial charge in [0.25, 0.3) is 0 Å². The number of para-hydroxylation sites is 2. The number of nitrogens with zero attached hydrogens (tertiary/aromatic N) is 4. The predicted octanol–water partition coefficient (Wildman–Crippen LogP) is 13.1. The Morgan fingerprint density at radius 1 is 0.446 bits per heavy atom. The van der Waals surface area contributed by atoms with Crippen molar-refractivity contribution in [3.8, 4) is 11.5 Å². The third-order valence-electron chi connectivity index (χ3n) is 10.6. The molecule has 2 atom stereocenters. The lowest BCUT2D eigenvalue weighted by atomic mass is 10.0. The largest absolute Gasteiger partial charge is 0.494 e. The highest BCUT2D eigenvalue weighted by molar-refractivity contribution is 7.10. The zero-order chi connectivity index (χ0) is 37.8. The lowest BCUT2D eigenvalue weighted by molar-refractivity contribution is 0.301. The lowest BCUT2D eigenvalue weighted by Crippen LogP contribution is -2.17. The molecule has 8 rings (SSSR count). The first-order valence-corrected chi connectivity index (χ1v) is 21.9. The molecule has 0 fully saturated rings. The second-order valence-electron chi connectivity index (χ2n) is 14.5. The third-order valence-corrected chi connectivity index (χ3v) is 12.5. The van der Waals surface area contributed by atoms with Gasteiger partial charge < -0.3 is 9.47 Å². The molecule has 0 radical (unpaired) electrons. The zero-order valence-corrected chi connectivity index (χ0v) is 33.6. The molecule has 6 aromatic rings. The van der Waals surface area contributed by atoms with E-state index in [-0.39, 0.29) is 12.1 Å². The molecule has 56 heavy (non-hydrogen) atoms. The van der Waals surface area contributed by atoms with Gasteiger partial charge in [-0.15, -0.1) is 22.7 Å². The topological polar surface area (TPSA) is 49.7 Å². The van der Waals surface area contributed by atoms with Gasteiger partial charge in [-0.1, -0.05) is 87.1 Å².